The molecule has 4 rings (SSSR count). The summed E-state index contributed by atoms with van der Waals surface area (Å²) in [4.78, 5) is 19.3. The Labute approximate surface area is 168 Å². The van der Waals surface area contributed by atoms with Crippen LogP contribution in [0.15, 0.2) is 79.4 Å². The largest absolute Gasteiger partial charge is 0.330 e. The van der Waals surface area contributed by atoms with E-state index in [1.54, 1.807) is 29.2 Å². The SMILES string of the molecule is Cc1ccccc1CN(Cc1cccnc1)C(=O)c1ccc(-n2cnnn2)cc1. The molecule has 0 aliphatic carbocycles. The summed E-state index contributed by atoms with van der Waals surface area (Å²) < 4.78 is 1.55. The summed E-state index contributed by atoms with van der Waals surface area (Å²) >= 11 is 0. The summed E-state index contributed by atoms with van der Waals surface area (Å²) in [5.74, 6) is -0.0413. The molecule has 7 nitrogen and oxygen atoms in total. The first-order valence-corrected chi connectivity index (χ1v) is 9.27. The maximum absolute atomic E-state index is 13.3. The van der Waals surface area contributed by atoms with Crippen LogP contribution in [0.5, 0.6) is 0 Å². The number of aromatic nitrogens is 5. The van der Waals surface area contributed by atoms with E-state index in [1.807, 2.05) is 41.3 Å². The van der Waals surface area contributed by atoms with Crippen molar-refractivity contribution in [3.05, 3.63) is 102 Å². The Bertz CT molecular complexity index is 1080. The van der Waals surface area contributed by atoms with E-state index < -0.39 is 0 Å². The van der Waals surface area contributed by atoms with E-state index in [-0.39, 0.29) is 5.91 Å². The second-order valence-corrected chi connectivity index (χ2v) is 6.75. The Morgan fingerprint density at radius 1 is 1.00 bits per heavy atom. The average molecular weight is 384 g/mol. The number of carbonyl (C=O) groups is 1. The number of benzene rings is 2. The summed E-state index contributed by atoms with van der Waals surface area (Å²) in [5.41, 5.74) is 4.67. The number of nitrogens with zero attached hydrogens (tertiary/aromatic N) is 6. The van der Waals surface area contributed by atoms with Crippen LogP contribution in [0.2, 0.25) is 0 Å². The van der Waals surface area contributed by atoms with Crippen LogP contribution in [0.4, 0.5) is 0 Å². The van der Waals surface area contributed by atoms with E-state index in [4.69, 9.17) is 0 Å². The Morgan fingerprint density at radius 2 is 1.83 bits per heavy atom. The number of amides is 1. The van der Waals surface area contributed by atoms with E-state index in [0.29, 0.717) is 18.7 Å². The highest BCUT2D eigenvalue weighted by atomic mass is 16.2. The van der Waals surface area contributed by atoms with Gasteiger partial charge in [-0.1, -0.05) is 30.3 Å². The molecule has 4 aromatic rings. The minimum atomic E-state index is -0.0413. The first kappa shape index (κ1) is 18.5. The number of hydrogen-bond donors (Lipinski definition) is 0. The van der Waals surface area contributed by atoms with Crippen molar-refractivity contribution in [2.45, 2.75) is 20.0 Å². The summed E-state index contributed by atoms with van der Waals surface area (Å²) in [5, 5.41) is 11.1. The van der Waals surface area contributed by atoms with Gasteiger partial charge in [-0.05, 0) is 64.4 Å². The van der Waals surface area contributed by atoms with Crippen molar-refractivity contribution in [2.24, 2.45) is 0 Å². The monoisotopic (exact) mass is 384 g/mol. The summed E-state index contributed by atoms with van der Waals surface area (Å²) in [6.45, 7) is 3.06. The van der Waals surface area contributed by atoms with Gasteiger partial charge in [0.2, 0.25) is 0 Å². The second kappa shape index (κ2) is 8.43. The Kier molecular flexibility index (Phi) is 5.38. The van der Waals surface area contributed by atoms with Crippen LogP contribution < -0.4 is 0 Å². The van der Waals surface area contributed by atoms with Gasteiger partial charge in [-0.25, -0.2) is 4.68 Å². The van der Waals surface area contributed by atoms with Gasteiger partial charge in [0.25, 0.3) is 5.91 Å². The average Bonchev–Trinajstić information content (AvgIpc) is 3.30. The van der Waals surface area contributed by atoms with Crippen molar-refractivity contribution in [3.8, 4) is 5.69 Å². The van der Waals surface area contributed by atoms with E-state index in [0.717, 1.165) is 22.4 Å². The van der Waals surface area contributed by atoms with Crippen molar-refractivity contribution in [2.75, 3.05) is 0 Å². The van der Waals surface area contributed by atoms with Gasteiger partial charge in [0, 0.05) is 31.0 Å². The molecule has 29 heavy (non-hydrogen) atoms. The van der Waals surface area contributed by atoms with E-state index in [1.165, 1.54) is 6.33 Å². The third-order valence-corrected chi connectivity index (χ3v) is 4.73. The van der Waals surface area contributed by atoms with Crippen LogP contribution in [-0.2, 0) is 13.1 Å². The lowest BCUT2D eigenvalue weighted by molar-refractivity contribution is 0.0729. The molecule has 0 unspecified atom stereocenters. The van der Waals surface area contributed by atoms with Gasteiger partial charge < -0.3 is 4.90 Å². The van der Waals surface area contributed by atoms with E-state index in [2.05, 4.69) is 39.6 Å². The lowest BCUT2D eigenvalue weighted by Gasteiger charge is -2.24. The zero-order valence-corrected chi connectivity index (χ0v) is 16.0. The van der Waals surface area contributed by atoms with Crippen molar-refractivity contribution in [1.82, 2.24) is 30.1 Å². The smallest absolute Gasteiger partial charge is 0.254 e. The summed E-state index contributed by atoms with van der Waals surface area (Å²) in [6, 6.07) is 19.2. The molecular formula is C22H20N6O. The van der Waals surface area contributed by atoms with Crippen molar-refractivity contribution in [1.29, 1.82) is 0 Å². The van der Waals surface area contributed by atoms with Gasteiger partial charge in [-0.3, -0.25) is 9.78 Å². The van der Waals surface area contributed by atoms with Crippen LogP contribution in [0.25, 0.3) is 5.69 Å². The van der Waals surface area contributed by atoms with E-state index in [9.17, 15) is 4.79 Å². The Balaban J connectivity index is 1.60. The molecule has 1 amide bonds. The number of hydrogen-bond acceptors (Lipinski definition) is 5. The molecule has 2 aromatic heterocycles. The number of tetrazole rings is 1. The van der Waals surface area contributed by atoms with Crippen LogP contribution >= 0.6 is 0 Å². The van der Waals surface area contributed by atoms with Crippen LogP contribution in [0, 0.1) is 6.92 Å². The molecule has 0 fully saturated rings. The molecule has 2 heterocycles. The minimum absolute atomic E-state index is 0.0413. The predicted molar refractivity (Wildman–Crippen MR) is 108 cm³/mol. The topological polar surface area (TPSA) is 76.8 Å². The molecular weight excluding hydrogens is 364 g/mol. The lowest BCUT2D eigenvalue weighted by atomic mass is 10.1. The lowest BCUT2D eigenvalue weighted by Crippen LogP contribution is -2.30. The molecule has 0 N–H and O–H groups in total. The maximum Gasteiger partial charge on any atom is 0.254 e. The first-order chi connectivity index (χ1) is 14.2. The van der Waals surface area contributed by atoms with Crippen LogP contribution in [0.1, 0.15) is 27.0 Å². The Morgan fingerprint density at radius 3 is 2.52 bits per heavy atom. The predicted octanol–water partition coefficient (Wildman–Crippen LogP) is 3.21. The van der Waals surface area contributed by atoms with Gasteiger partial charge in [0.15, 0.2) is 0 Å². The fraction of sp³-hybridized carbons (Fsp3) is 0.136. The van der Waals surface area contributed by atoms with Gasteiger partial charge >= 0.3 is 0 Å². The quantitative estimate of drug-likeness (QED) is 0.510. The number of pyridine rings is 1. The first-order valence-electron chi connectivity index (χ1n) is 9.27. The third-order valence-electron chi connectivity index (χ3n) is 4.73. The highest BCUT2D eigenvalue weighted by molar-refractivity contribution is 5.94. The molecule has 0 saturated heterocycles. The number of rotatable bonds is 6. The molecule has 0 saturated carbocycles. The molecule has 0 aliphatic heterocycles. The highest BCUT2D eigenvalue weighted by Gasteiger charge is 2.18. The van der Waals surface area contributed by atoms with Gasteiger partial charge in [-0.2, -0.15) is 0 Å². The number of carbonyl (C=O) groups excluding carboxylic acids is 1. The number of aryl methyl sites for hydroxylation is 1. The molecule has 0 aliphatic rings. The Hall–Kier alpha value is -3.87. The van der Waals surface area contributed by atoms with Gasteiger partial charge in [0.05, 0.1) is 5.69 Å². The molecule has 7 heteroatoms. The maximum atomic E-state index is 13.3. The van der Waals surface area contributed by atoms with E-state index >= 15 is 0 Å². The van der Waals surface area contributed by atoms with Crippen molar-refractivity contribution in [3.63, 3.8) is 0 Å². The van der Waals surface area contributed by atoms with Crippen LogP contribution in [-0.4, -0.2) is 36.0 Å². The zero-order valence-electron chi connectivity index (χ0n) is 16.0. The summed E-state index contributed by atoms with van der Waals surface area (Å²) in [6.07, 6.45) is 5.04. The second-order valence-electron chi connectivity index (χ2n) is 6.75. The third kappa shape index (κ3) is 4.35. The highest BCUT2D eigenvalue weighted by Crippen LogP contribution is 2.17. The normalized spacial score (nSPS) is 10.7. The van der Waals surface area contributed by atoms with Crippen molar-refractivity contribution < 1.29 is 4.79 Å². The van der Waals surface area contributed by atoms with Crippen molar-refractivity contribution >= 4 is 5.91 Å². The summed E-state index contributed by atoms with van der Waals surface area (Å²) in [7, 11) is 0. The van der Waals surface area contributed by atoms with Gasteiger partial charge in [0.1, 0.15) is 6.33 Å². The van der Waals surface area contributed by atoms with Crippen LogP contribution in [0.3, 0.4) is 0 Å². The molecule has 2 aromatic carbocycles. The fourth-order valence-electron chi connectivity index (χ4n) is 3.12. The molecule has 144 valence electrons. The molecule has 0 bridgehead atoms. The van der Waals surface area contributed by atoms with Gasteiger partial charge in [-0.15, -0.1) is 5.10 Å². The standard InChI is InChI=1S/C22H20N6O/c1-17-5-2-3-7-20(17)15-27(14-18-6-4-12-23-13-18)22(29)19-8-10-21(11-9-19)28-16-24-25-26-28/h2-13,16H,14-15H2,1H3. The molecule has 0 radical (unpaired) electrons. The molecule has 0 atom stereocenters. The molecule has 0 spiro atoms. The minimum Gasteiger partial charge on any atom is -0.330 e. The zero-order chi connectivity index (χ0) is 20.1. The fourth-order valence-corrected chi connectivity index (χ4v) is 3.12.